The van der Waals surface area contributed by atoms with E-state index in [-0.39, 0.29) is 10.8 Å². The lowest BCUT2D eigenvalue weighted by Crippen LogP contribution is -2.40. The van der Waals surface area contributed by atoms with Gasteiger partial charge in [0.05, 0.1) is 0 Å². The Morgan fingerprint density at radius 3 is 2.82 bits per heavy atom. The van der Waals surface area contributed by atoms with E-state index in [9.17, 15) is 13.2 Å². The Hall–Kier alpha value is -1.38. The third-order valence-corrected chi connectivity index (χ3v) is 5.58. The second-order valence-electron chi connectivity index (χ2n) is 5.51. The highest BCUT2D eigenvalue weighted by atomic mass is 32.2. The third-order valence-electron chi connectivity index (χ3n) is 4.20. The van der Waals surface area contributed by atoms with Gasteiger partial charge in [0.15, 0.2) is 0 Å². The van der Waals surface area contributed by atoms with E-state index in [2.05, 4.69) is 21.9 Å². The number of nitrogens with one attached hydrogen (secondary N) is 2. The second-order valence-corrected chi connectivity index (χ2v) is 7.40. The predicted molar refractivity (Wildman–Crippen MR) is 84.3 cm³/mol. The van der Waals surface area contributed by atoms with Gasteiger partial charge in [-0.25, -0.2) is 13.1 Å². The van der Waals surface area contributed by atoms with Gasteiger partial charge >= 0.3 is 0 Å². The topological polar surface area (TPSA) is 83.4 Å². The van der Waals surface area contributed by atoms with Crippen molar-refractivity contribution in [3.8, 4) is 0 Å². The Kier molecular flexibility index (Phi) is 5.25. The number of aromatic nitrogens is 1. The molecule has 22 heavy (non-hydrogen) atoms. The summed E-state index contributed by atoms with van der Waals surface area (Å²) < 4.78 is 27.3. The minimum atomic E-state index is -3.54. The number of nitrogens with zero attached hydrogens (tertiary/aromatic N) is 2. The molecule has 2 N–H and O–H groups in total. The summed E-state index contributed by atoms with van der Waals surface area (Å²) >= 11 is 0. The van der Waals surface area contributed by atoms with Crippen LogP contribution in [0.25, 0.3) is 0 Å². The molecular weight excluding hydrogens is 304 g/mol. The lowest BCUT2D eigenvalue weighted by atomic mass is 10.2. The van der Waals surface area contributed by atoms with Crippen molar-refractivity contribution < 1.29 is 13.2 Å². The van der Waals surface area contributed by atoms with Crippen molar-refractivity contribution in [2.24, 2.45) is 7.05 Å². The van der Waals surface area contributed by atoms with Gasteiger partial charge < -0.3 is 9.88 Å². The van der Waals surface area contributed by atoms with Gasteiger partial charge in [-0.2, -0.15) is 0 Å². The monoisotopic (exact) mass is 328 g/mol. The van der Waals surface area contributed by atoms with Crippen LogP contribution in [-0.4, -0.2) is 56.5 Å². The van der Waals surface area contributed by atoms with Crippen LogP contribution in [0, 0.1) is 0 Å². The van der Waals surface area contributed by atoms with Gasteiger partial charge in [-0.1, -0.05) is 6.92 Å². The minimum Gasteiger partial charge on any atom is -0.349 e. The molecule has 0 saturated carbocycles. The molecule has 1 aromatic rings. The largest absolute Gasteiger partial charge is 0.349 e. The van der Waals surface area contributed by atoms with Crippen molar-refractivity contribution in [1.29, 1.82) is 0 Å². The van der Waals surface area contributed by atoms with E-state index >= 15 is 0 Å². The molecule has 1 saturated heterocycles. The van der Waals surface area contributed by atoms with Crippen molar-refractivity contribution in [2.45, 2.75) is 30.7 Å². The van der Waals surface area contributed by atoms with Crippen LogP contribution < -0.4 is 10.0 Å². The normalized spacial score (nSPS) is 19.5. The predicted octanol–water partition coefficient (Wildman–Crippen LogP) is 0.147. The number of hydrogen-bond donors (Lipinski definition) is 2. The summed E-state index contributed by atoms with van der Waals surface area (Å²) in [6.07, 6.45) is 3.68. The standard InChI is InChI=1S/C14H24N4O3S/c1-4-18-7-5-6-11(18)9-16-14(19)13-8-12(10-17(13)3)22(20,21)15-2/h8,10-11,15H,4-7,9H2,1-3H3,(H,16,19)/t11-/m1/s1. The van der Waals surface area contributed by atoms with E-state index in [1.165, 1.54) is 23.9 Å². The highest BCUT2D eigenvalue weighted by molar-refractivity contribution is 7.89. The number of amides is 1. The van der Waals surface area contributed by atoms with Crippen LogP contribution in [-0.2, 0) is 17.1 Å². The molecule has 0 spiro atoms. The van der Waals surface area contributed by atoms with Crippen LogP contribution in [0.15, 0.2) is 17.2 Å². The van der Waals surface area contributed by atoms with Crippen LogP contribution in [0.2, 0.25) is 0 Å². The second kappa shape index (κ2) is 6.80. The average molecular weight is 328 g/mol. The number of sulfonamides is 1. The SMILES string of the molecule is CCN1CCC[C@@H]1CNC(=O)c1cc(S(=O)(=O)NC)cn1C. The van der Waals surface area contributed by atoms with E-state index in [1.54, 1.807) is 7.05 Å². The maximum Gasteiger partial charge on any atom is 0.267 e. The molecule has 0 bridgehead atoms. The lowest BCUT2D eigenvalue weighted by molar-refractivity contribution is 0.0933. The van der Waals surface area contributed by atoms with Gasteiger partial charge in [0.25, 0.3) is 5.91 Å². The molecule has 124 valence electrons. The molecule has 0 unspecified atom stereocenters. The molecule has 0 aliphatic carbocycles. The third kappa shape index (κ3) is 3.50. The number of carbonyl (C=O) groups is 1. The highest BCUT2D eigenvalue weighted by Crippen LogP contribution is 2.16. The Morgan fingerprint density at radius 1 is 1.45 bits per heavy atom. The maximum absolute atomic E-state index is 12.3. The molecule has 1 atom stereocenters. The molecule has 1 aliphatic heterocycles. The first-order valence-electron chi connectivity index (χ1n) is 7.51. The van der Waals surface area contributed by atoms with Crippen molar-refractivity contribution in [2.75, 3.05) is 26.7 Å². The van der Waals surface area contributed by atoms with Crippen LogP contribution >= 0.6 is 0 Å². The van der Waals surface area contributed by atoms with Crippen LogP contribution in [0.5, 0.6) is 0 Å². The summed E-state index contributed by atoms with van der Waals surface area (Å²) in [7, 11) is -0.523. The van der Waals surface area contributed by atoms with Gasteiger partial charge in [0.2, 0.25) is 10.0 Å². The van der Waals surface area contributed by atoms with Crippen molar-refractivity contribution in [3.63, 3.8) is 0 Å². The zero-order chi connectivity index (χ0) is 16.3. The number of hydrogen-bond acceptors (Lipinski definition) is 4. The minimum absolute atomic E-state index is 0.0960. The van der Waals surface area contributed by atoms with E-state index in [0.717, 1.165) is 25.9 Å². The fourth-order valence-corrected chi connectivity index (χ4v) is 3.67. The van der Waals surface area contributed by atoms with E-state index in [4.69, 9.17) is 0 Å². The van der Waals surface area contributed by atoms with Crippen molar-refractivity contribution in [1.82, 2.24) is 19.5 Å². The molecule has 0 aromatic carbocycles. The van der Waals surface area contributed by atoms with E-state index in [0.29, 0.717) is 18.3 Å². The fourth-order valence-electron chi connectivity index (χ4n) is 2.87. The van der Waals surface area contributed by atoms with Crippen LogP contribution in [0.3, 0.4) is 0 Å². The molecule has 2 rings (SSSR count). The molecule has 7 nitrogen and oxygen atoms in total. The van der Waals surface area contributed by atoms with Crippen LogP contribution in [0.1, 0.15) is 30.3 Å². The Labute approximate surface area is 131 Å². The van der Waals surface area contributed by atoms with Crippen molar-refractivity contribution in [3.05, 3.63) is 18.0 Å². The highest BCUT2D eigenvalue weighted by Gasteiger charge is 2.24. The lowest BCUT2D eigenvalue weighted by Gasteiger charge is -2.22. The van der Waals surface area contributed by atoms with Gasteiger partial charge in [0.1, 0.15) is 10.6 Å². The number of aryl methyl sites for hydroxylation is 1. The van der Waals surface area contributed by atoms with Gasteiger partial charge in [-0.15, -0.1) is 0 Å². The van der Waals surface area contributed by atoms with Crippen molar-refractivity contribution >= 4 is 15.9 Å². The summed E-state index contributed by atoms with van der Waals surface area (Å²) in [5, 5.41) is 2.91. The van der Waals surface area contributed by atoms with E-state index in [1.807, 2.05) is 0 Å². The first kappa shape index (κ1) is 17.0. The number of carbonyl (C=O) groups excluding carboxylic acids is 1. The fraction of sp³-hybridized carbons (Fsp3) is 0.643. The maximum atomic E-state index is 12.3. The first-order chi connectivity index (χ1) is 10.4. The molecule has 8 heteroatoms. The Bertz CT molecular complexity index is 639. The molecular formula is C14H24N4O3S. The average Bonchev–Trinajstić information content (AvgIpc) is 3.11. The Morgan fingerprint density at radius 2 is 2.18 bits per heavy atom. The smallest absolute Gasteiger partial charge is 0.267 e. The number of rotatable bonds is 6. The number of likely N-dealkylation sites (N-methyl/N-ethyl adjacent to an activating group) is 1. The molecule has 1 amide bonds. The zero-order valence-corrected chi connectivity index (χ0v) is 14.1. The molecule has 1 aromatic heterocycles. The zero-order valence-electron chi connectivity index (χ0n) is 13.3. The summed E-state index contributed by atoms with van der Waals surface area (Å²) in [5.41, 5.74) is 0.342. The summed E-state index contributed by atoms with van der Waals surface area (Å²) in [4.78, 5) is 14.7. The quantitative estimate of drug-likeness (QED) is 0.778. The summed E-state index contributed by atoms with van der Waals surface area (Å²) in [5.74, 6) is -0.247. The van der Waals surface area contributed by atoms with Gasteiger partial charge in [0, 0.05) is 25.8 Å². The molecule has 0 radical (unpaired) electrons. The summed E-state index contributed by atoms with van der Waals surface area (Å²) in [6.45, 7) is 4.76. The van der Waals surface area contributed by atoms with Gasteiger partial charge in [-0.3, -0.25) is 9.69 Å². The molecule has 1 fully saturated rings. The number of likely N-dealkylation sites (tertiary alicyclic amines) is 1. The first-order valence-corrected chi connectivity index (χ1v) is 8.99. The molecule has 2 heterocycles. The Balaban J connectivity index is 2.04. The van der Waals surface area contributed by atoms with Crippen LogP contribution in [0.4, 0.5) is 0 Å². The van der Waals surface area contributed by atoms with Gasteiger partial charge in [-0.05, 0) is 39.0 Å². The summed E-state index contributed by atoms with van der Waals surface area (Å²) in [6, 6.07) is 1.77. The van der Waals surface area contributed by atoms with E-state index < -0.39 is 10.0 Å². The molecule has 1 aliphatic rings.